The molecule has 0 aliphatic carbocycles. The molecule has 2 heterocycles. The van der Waals surface area contributed by atoms with Crippen molar-refractivity contribution < 1.29 is 14.7 Å². The van der Waals surface area contributed by atoms with Crippen LogP contribution in [0.25, 0.3) is 21.9 Å². The van der Waals surface area contributed by atoms with Gasteiger partial charge in [0.2, 0.25) is 5.91 Å². The number of aromatic nitrogens is 4. The molecule has 4 rings (SSSR count). The van der Waals surface area contributed by atoms with Gasteiger partial charge >= 0.3 is 11.7 Å². The van der Waals surface area contributed by atoms with Crippen molar-refractivity contribution in [3.8, 4) is 0 Å². The van der Waals surface area contributed by atoms with E-state index in [1.165, 1.54) is 28.8 Å². The molecule has 0 aliphatic rings. The fraction of sp³-hybridized carbons (Fsp3) is 0.0952. The molecule has 0 saturated carbocycles. The van der Waals surface area contributed by atoms with E-state index in [1.54, 1.807) is 18.2 Å². The average Bonchev–Trinajstić information content (AvgIpc) is 3.13. The Bertz CT molecular complexity index is 1500. The maximum absolute atomic E-state index is 12.9. The van der Waals surface area contributed by atoms with Gasteiger partial charge in [-0.1, -0.05) is 17.8 Å². The van der Waals surface area contributed by atoms with Gasteiger partial charge in [-0.25, -0.2) is 14.6 Å². The summed E-state index contributed by atoms with van der Waals surface area (Å²) in [5.74, 6) is -1.51. The third-order valence-corrected chi connectivity index (χ3v) is 5.59. The van der Waals surface area contributed by atoms with Gasteiger partial charge in [0, 0.05) is 12.2 Å². The van der Waals surface area contributed by atoms with Gasteiger partial charge in [0.05, 0.1) is 33.3 Å². The summed E-state index contributed by atoms with van der Waals surface area (Å²) in [5, 5.41) is 12.5. The number of imidazole rings is 1. The number of hydrogen-bond donors (Lipinski definition) is 4. The first-order valence-electron chi connectivity index (χ1n) is 9.39. The smallest absolute Gasteiger partial charge is 0.335 e. The number of carbonyl (C=O) groups is 2. The number of carboxylic acid groups (broad SMARTS) is 1. The first-order chi connectivity index (χ1) is 15.4. The Morgan fingerprint density at radius 3 is 2.69 bits per heavy atom. The molecular weight excluding hydrogens is 434 g/mol. The summed E-state index contributed by atoms with van der Waals surface area (Å²) < 4.78 is 1.38. The van der Waals surface area contributed by atoms with E-state index < -0.39 is 5.97 Å². The van der Waals surface area contributed by atoms with Gasteiger partial charge in [0.25, 0.3) is 5.56 Å². The summed E-state index contributed by atoms with van der Waals surface area (Å²) in [4.78, 5) is 57.6. The predicted octanol–water partition coefficient (Wildman–Crippen LogP) is 2.18. The number of aromatic amines is 2. The van der Waals surface area contributed by atoms with Crippen LogP contribution < -0.4 is 16.6 Å². The standard InChI is InChI=1S/C21H17N5O5S/c1-2-7-26-18(28)13-5-3-11(19(29)30)8-15(13)25-21(26)32-10-17(27)22-12-4-6-14-16(9-12)24-20(31)23-14/h2-6,8-9H,1,7,10H2,(H,22,27)(H,29,30)(H2,23,24,31). The summed E-state index contributed by atoms with van der Waals surface area (Å²) in [5.41, 5.74) is 1.24. The minimum atomic E-state index is -1.13. The van der Waals surface area contributed by atoms with Crippen LogP contribution in [0.15, 0.2) is 63.8 Å². The maximum atomic E-state index is 12.9. The largest absolute Gasteiger partial charge is 0.478 e. The highest BCUT2D eigenvalue weighted by molar-refractivity contribution is 7.99. The number of nitrogens with one attached hydrogen (secondary N) is 3. The number of hydrogen-bond acceptors (Lipinski definition) is 6. The molecule has 4 aromatic rings. The van der Waals surface area contributed by atoms with E-state index in [1.807, 2.05) is 0 Å². The van der Waals surface area contributed by atoms with Crippen LogP contribution in [0.4, 0.5) is 5.69 Å². The number of anilines is 1. The molecule has 0 radical (unpaired) electrons. The lowest BCUT2D eigenvalue weighted by atomic mass is 10.1. The molecule has 1 amide bonds. The SMILES string of the molecule is C=CCn1c(SCC(=O)Nc2ccc3[nH]c(=O)[nH]c3c2)nc2cc(C(=O)O)ccc2c1=O. The third-order valence-electron chi connectivity index (χ3n) is 4.61. The third kappa shape index (κ3) is 4.18. The Morgan fingerprint density at radius 1 is 1.16 bits per heavy atom. The number of rotatable bonds is 7. The Morgan fingerprint density at radius 2 is 1.94 bits per heavy atom. The highest BCUT2D eigenvalue weighted by atomic mass is 32.2. The minimum Gasteiger partial charge on any atom is -0.478 e. The van der Waals surface area contributed by atoms with E-state index in [0.29, 0.717) is 16.7 Å². The van der Waals surface area contributed by atoms with Crippen LogP contribution >= 0.6 is 11.8 Å². The van der Waals surface area contributed by atoms with Crippen molar-refractivity contribution in [3.05, 3.63) is 75.5 Å². The van der Waals surface area contributed by atoms with Gasteiger partial charge in [-0.05, 0) is 36.4 Å². The molecule has 2 aromatic heterocycles. The lowest BCUT2D eigenvalue weighted by molar-refractivity contribution is -0.113. The Balaban J connectivity index is 1.58. The zero-order chi connectivity index (χ0) is 22.8. The molecular formula is C21H17N5O5S. The fourth-order valence-corrected chi connectivity index (χ4v) is 3.98. The lowest BCUT2D eigenvalue weighted by Gasteiger charge is -2.12. The molecule has 0 atom stereocenters. The number of thioether (sulfide) groups is 1. The van der Waals surface area contributed by atoms with Gasteiger partial charge in [-0.15, -0.1) is 6.58 Å². The topological polar surface area (TPSA) is 150 Å². The molecule has 0 spiro atoms. The van der Waals surface area contributed by atoms with Gasteiger partial charge < -0.3 is 20.4 Å². The van der Waals surface area contributed by atoms with Crippen LogP contribution in [0, 0.1) is 0 Å². The first-order valence-corrected chi connectivity index (χ1v) is 10.4. The summed E-state index contributed by atoms with van der Waals surface area (Å²) in [7, 11) is 0. The van der Waals surface area contributed by atoms with Crippen molar-refractivity contribution in [2.75, 3.05) is 11.1 Å². The monoisotopic (exact) mass is 451 g/mol. The van der Waals surface area contributed by atoms with Crippen LogP contribution in [0.3, 0.4) is 0 Å². The molecule has 11 heteroatoms. The van der Waals surface area contributed by atoms with Gasteiger partial charge in [-0.2, -0.15) is 0 Å². The number of benzene rings is 2. The second-order valence-corrected chi connectivity index (χ2v) is 7.75. The number of amides is 1. The van der Waals surface area contributed by atoms with Crippen LogP contribution in [0.2, 0.25) is 0 Å². The van der Waals surface area contributed by atoms with Crippen molar-refractivity contribution in [2.24, 2.45) is 0 Å². The molecule has 10 nitrogen and oxygen atoms in total. The van der Waals surface area contributed by atoms with Crippen molar-refractivity contribution in [3.63, 3.8) is 0 Å². The zero-order valence-corrected chi connectivity index (χ0v) is 17.4. The zero-order valence-electron chi connectivity index (χ0n) is 16.5. The predicted molar refractivity (Wildman–Crippen MR) is 121 cm³/mol. The molecule has 0 fully saturated rings. The van der Waals surface area contributed by atoms with Crippen LogP contribution in [0.1, 0.15) is 10.4 Å². The Labute approximate surface area is 184 Å². The minimum absolute atomic E-state index is 0.0118. The molecule has 162 valence electrons. The van der Waals surface area contributed by atoms with E-state index in [4.69, 9.17) is 0 Å². The molecule has 0 aliphatic heterocycles. The number of carboxylic acids is 1. The van der Waals surface area contributed by atoms with E-state index in [-0.39, 0.29) is 51.1 Å². The Kier molecular flexibility index (Phi) is 5.65. The average molecular weight is 451 g/mol. The molecule has 0 unspecified atom stereocenters. The number of allylic oxidation sites excluding steroid dienone is 1. The number of carbonyl (C=O) groups excluding carboxylic acids is 1. The van der Waals surface area contributed by atoms with Gasteiger partial charge in [-0.3, -0.25) is 14.2 Å². The highest BCUT2D eigenvalue weighted by Crippen LogP contribution is 2.20. The molecule has 4 N–H and O–H groups in total. The summed E-state index contributed by atoms with van der Waals surface area (Å²) >= 11 is 1.05. The number of H-pyrrole nitrogens is 2. The van der Waals surface area contributed by atoms with Gasteiger partial charge in [0.15, 0.2) is 5.16 Å². The van der Waals surface area contributed by atoms with Crippen LogP contribution in [0.5, 0.6) is 0 Å². The molecule has 32 heavy (non-hydrogen) atoms. The van der Waals surface area contributed by atoms with Crippen LogP contribution in [-0.2, 0) is 11.3 Å². The van der Waals surface area contributed by atoms with Crippen molar-refractivity contribution in [1.29, 1.82) is 0 Å². The molecule has 0 bridgehead atoms. The second-order valence-electron chi connectivity index (χ2n) is 6.81. The number of fused-ring (bicyclic) bond motifs is 2. The Hall–Kier alpha value is -4.12. The van der Waals surface area contributed by atoms with Gasteiger partial charge in [0.1, 0.15) is 0 Å². The summed E-state index contributed by atoms with van der Waals surface area (Å²) in [6.45, 7) is 3.84. The normalized spacial score (nSPS) is 11.0. The van der Waals surface area contributed by atoms with Crippen molar-refractivity contribution >= 4 is 51.3 Å². The molecule has 2 aromatic carbocycles. The highest BCUT2D eigenvalue weighted by Gasteiger charge is 2.15. The van der Waals surface area contributed by atoms with Crippen LogP contribution in [-0.4, -0.2) is 42.3 Å². The van der Waals surface area contributed by atoms with Crippen molar-refractivity contribution in [2.45, 2.75) is 11.7 Å². The first kappa shape index (κ1) is 21.1. The summed E-state index contributed by atoms with van der Waals surface area (Å²) in [6.07, 6.45) is 1.54. The van der Waals surface area contributed by atoms with E-state index in [9.17, 15) is 24.3 Å². The number of nitrogens with zero attached hydrogens (tertiary/aromatic N) is 2. The molecule has 0 saturated heterocycles. The maximum Gasteiger partial charge on any atom is 0.335 e. The summed E-state index contributed by atoms with van der Waals surface area (Å²) in [6, 6.07) is 9.06. The van der Waals surface area contributed by atoms with E-state index in [2.05, 4.69) is 26.8 Å². The van der Waals surface area contributed by atoms with Crippen molar-refractivity contribution in [1.82, 2.24) is 19.5 Å². The quantitative estimate of drug-likeness (QED) is 0.191. The fourth-order valence-electron chi connectivity index (χ4n) is 3.17. The van der Waals surface area contributed by atoms with E-state index in [0.717, 1.165) is 11.8 Å². The number of aromatic carboxylic acids is 1. The van der Waals surface area contributed by atoms with E-state index >= 15 is 0 Å². The second kappa shape index (κ2) is 8.55. The lowest BCUT2D eigenvalue weighted by Crippen LogP contribution is -2.24.